The van der Waals surface area contributed by atoms with Crippen LogP contribution < -0.4 is 4.74 Å². The highest BCUT2D eigenvalue weighted by atomic mass is 32.2. The molecule has 3 saturated carbocycles. The lowest BCUT2D eigenvalue weighted by Crippen LogP contribution is -2.70. The Labute approximate surface area is 239 Å². The molecular formula is C29H33F3O8S. The van der Waals surface area contributed by atoms with Crippen LogP contribution >= 0.6 is 11.8 Å². The van der Waals surface area contributed by atoms with Crippen LogP contribution in [0.25, 0.3) is 0 Å². The van der Waals surface area contributed by atoms with Gasteiger partial charge in [-0.05, 0) is 61.6 Å². The number of aliphatic hydroxyl groups is 1. The summed E-state index contributed by atoms with van der Waals surface area (Å²) in [6.45, 7) is 4.63. The number of allylic oxidation sites excluding steroid dienone is 4. The topological polar surface area (TPSA) is 112 Å². The summed E-state index contributed by atoms with van der Waals surface area (Å²) in [4.78, 5) is 39.2. The first-order valence-corrected chi connectivity index (χ1v) is 14.4. The fourth-order valence-electron chi connectivity index (χ4n) is 8.20. The van der Waals surface area contributed by atoms with Crippen LogP contribution in [0, 0.1) is 28.6 Å². The highest BCUT2D eigenvalue weighted by Gasteiger charge is 2.78. The van der Waals surface area contributed by atoms with Gasteiger partial charge in [0.15, 0.2) is 29.6 Å². The molecule has 8 nitrogen and oxygen atoms in total. The number of alkyl halides is 3. The first-order chi connectivity index (χ1) is 19.3. The Morgan fingerprint density at radius 3 is 2.66 bits per heavy atom. The summed E-state index contributed by atoms with van der Waals surface area (Å²) in [6.07, 6.45) is 0.843. The number of carbonyl (C=O) groups is 3. The van der Waals surface area contributed by atoms with Gasteiger partial charge in [0.05, 0.1) is 6.10 Å². The third-order valence-corrected chi connectivity index (χ3v) is 10.7. The third kappa shape index (κ3) is 4.07. The van der Waals surface area contributed by atoms with E-state index in [1.54, 1.807) is 13.8 Å². The lowest BCUT2D eigenvalue weighted by molar-refractivity contribution is -0.221. The van der Waals surface area contributed by atoms with E-state index in [4.69, 9.17) is 18.6 Å². The van der Waals surface area contributed by atoms with Crippen LogP contribution in [0.5, 0.6) is 5.75 Å². The SMILES string of the molecule is COCOc1coc(C(=O)O[C@]2(C(=O)SCF)[C@H](C)C[C@H]3[C@@H]4C[C@H](F)C5=CC(=O)C=C[C@]5(C)[C@@]4(F)[C@@H](O)C[C@@]32C)c1. The predicted octanol–water partition coefficient (Wildman–Crippen LogP) is 4.91. The predicted molar refractivity (Wildman–Crippen MR) is 141 cm³/mol. The van der Waals surface area contributed by atoms with Gasteiger partial charge < -0.3 is 23.7 Å². The van der Waals surface area contributed by atoms with Gasteiger partial charge in [0.1, 0.15) is 18.4 Å². The minimum Gasteiger partial charge on any atom is -0.464 e. The van der Waals surface area contributed by atoms with Crippen molar-refractivity contribution < 1.29 is 51.3 Å². The molecule has 1 aromatic heterocycles. The normalized spacial score (nSPS) is 41.2. The van der Waals surface area contributed by atoms with Gasteiger partial charge in [-0.25, -0.2) is 18.0 Å². The van der Waals surface area contributed by atoms with Crippen molar-refractivity contribution in [3.63, 3.8) is 0 Å². The van der Waals surface area contributed by atoms with Crippen molar-refractivity contribution in [3.05, 3.63) is 41.9 Å². The Hall–Kier alpha value is -2.57. The van der Waals surface area contributed by atoms with Gasteiger partial charge in [-0.1, -0.05) is 19.9 Å². The largest absolute Gasteiger partial charge is 0.464 e. The minimum atomic E-state index is -2.38. The number of hydrogen-bond acceptors (Lipinski definition) is 9. The van der Waals surface area contributed by atoms with E-state index in [9.17, 15) is 23.9 Å². The van der Waals surface area contributed by atoms with Gasteiger partial charge in [-0.2, -0.15) is 0 Å². The number of ether oxygens (including phenoxy) is 3. The molecular weight excluding hydrogens is 565 g/mol. The number of fused-ring (bicyclic) bond motifs is 5. The van der Waals surface area contributed by atoms with Gasteiger partial charge in [0.25, 0.3) is 0 Å². The quantitative estimate of drug-likeness (QED) is 0.346. The van der Waals surface area contributed by atoms with E-state index in [0.29, 0.717) is 11.8 Å². The average molecular weight is 599 g/mol. The van der Waals surface area contributed by atoms with E-state index in [1.165, 1.54) is 32.3 Å². The summed E-state index contributed by atoms with van der Waals surface area (Å²) in [5.41, 5.74) is -7.40. The molecule has 224 valence electrons. The number of hydrogen-bond donors (Lipinski definition) is 1. The second-order valence-corrected chi connectivity index (χ2v) is 12.7. The molecule has 0 aromatic carbocycles. The second-order valence-electron chi connectivity index (χ2n) is 11.9. The van der Waals surface area contributed by atoms with Crippen molar-refractivity contribution in [1.29, 1.82) is 0 Å². The molecule has 0 bridgehead atoms. The first kappa shape index (κ1) is 29.9. The Kier molecular flexibility index (Phi) is 7.52. The van der Waals surface area contributed by atoms with Crippen molar-refractivity contribution in [2.24, 2.45) is 28.6 Å². The third-order valence-electron chi connectivity index (χ3n) is 10.0. The number of furan rings is 1. The fourth-order valence-corrected chi connectivity index (χ4v) is 8.99. The van der Waals surface area contributed by atoms with Crippen molar-refractivity contribution in [3.8, 4) is 5.75 Å². The number of aliphatic hydroxyl groups excluding tert-OH is 1. The summed E-state index contributed by atoms with van der Waals surface area (Å²) in [5, 5.41) is 10.8. The summed E-state index contributed by atoms with van der Waals surface area (Å²) in [6, 6.07) is 0.155. The number of halogens is 3. The number of esters is 1. The van der Waals surface area contributed by atoms with Crippen LogP contribution in [0.2, 0.25) is 0 Å². The smallest absolute Gasteiger partial charge is 0.375 e. The maximum atomic E-state index is 17.5. The van der Waals surface area contributed by atoms with Gasteiger partial charge in [-0.15, -0.1) is 0 Å². The van der Waals surface area contributed by atoms with Crippen molar-refractivity contribution in [2.75, 3.05) is 19.9 Å². The summed E-state index contributed by atoms with van der Waals surface area (Å²) in [7, 11) is 1.41. The van der Waals surface area contributed by atoms with E-state index in [0.717, 1.165) is 12.3 Å². The molecule has 12 heteroatoms. The summed E-state index contributed by atoms with van der Waals surface area (Å²) < 4.78 is 68.2. The molecule has 0 saturated heterocycles. The van der Waals surface area contributed by atoms with Crippen molar-refractivity contribution in [1.82, 2.24) is 0 Å². The standard InChI is InChI=1S/C29H33F3O8S/c1-15-7-18-19-10-21(31)20-8-16(33)5-6-26(20,2)28(19,32)23(34)11-27(18,3)29(15,25(36)41-13-30)40-24(35)22-9-17(12-38-22)39-14-37-4/h5-6,8-9,12,15,18-19,21,23,34H,7,10-11,13-14H2,1-4H3/t15-,18+,19+,21+,23+,26+,27+,28+,29+/m1/s1. The molecule has 0 radical (unpaired) electrons. The van der Waals surface area contributed by atoms with E-state index < -0.39 is 75.0 Å². The van der Waals surface area contributed by atoms with E-state index >= 15 is 8.78 Å². The summed E-state index contributed by atoms with van der Waals surface area (Å²) >= 11 is 0.325. The molecule has 3 fully saturated rings. The maximum Gasteiger partial charge on any atom is 0.375 e. The molecule has 1 N–H and O–H groups in total. The lowest BCUT2D eigenvalue weighted by Gasteiger charge is -2.63. The second kappa shape index (κ2) is 10.3. The van der Waals surface area contributed by atoms with Crippen molar-refractivity contribution >= 4 is 28.6 Å². The molecule has 0 amide bonds. The molecule has 5 rings (SSSR count). The lowest BCUT2D eigenvalue weighted by atomic mass is 9.44. The molecule has 9 atom stereocenters. The number of ketones is 1. The van der Waals surface area contributed by atoms with Gasteiger partial charge in [-0.3, -0.25) is 9.59 Å². The Morgan fingerprint density at radius 1 is 1.24 bits per heavy atom. The molecule has 41 heavy (non-hydrogen) atoms. The number of carbonyl (C=O) groups excluding carboxylic acids is 3. The summed E-state index contributed by atoms with van der Waals surface area (Å²) in [5.74, 6) is -4.18. The zero-order valence-corrected chi connectivity index (χ0v) is 24.0. The van der Waals surface area contributed by atoms with E-state index in [1.807, 2.05) is 0 Å². The molecule has 0 spiro atoms. The zero-order valence-electron chi connectivity index (χ0n) is 23.2. The molecule has 1 heterocycles. The van der Waals surface area contributed by atoms with Gasteiger partial charge in [0.2, 0.25) is 10.9 Å². The average Bonchev–Trinajstić information content (AvgIpc) is 3.48. The van der Waals surface area contributed by atoms with E-state index in [-0.39, 0.29) is 43.1 Å². The highest BCUT2D eigenvalue weighted by molar-refractivity contribution is 8.13. The number of thioether (sulfide) groups is 1. The Bertz CT molecular complexity index is 1310. The Balaban J connectivity index is 1.57. The maximum absolute atomic E-state index is 17.5. The van der Waals surface area contributed by atoms with Crippen LogP contribution in [-0.2, 0) is 19.1 Å². The Morgan fingerprint density at radius 2 is 1.98 bits per heavy atom. The molecule has 0 aliphatic heterocycles. The van der Waals surface area contributed by atoms with Crippen molar-refractivity contribution in [2.45, 2.75) is 63.6 Å². The van der Waals surface area contributed by atoms with E-state index in [2.05, 4.69) is 0 Å². The minimum absolute atomic E-state index is 0.0245. The van der Waals surface area contributed by atoms with Crippen LogP contribution in [-0.4, -0.2) is 65.4 Å². The van der Waals surface area contributed by atoms with Gasteiger partial charge >= 0.3 is 5.97 Å². The van der Waals surface area contributed by atoms with Crippen LogP contribution in [0.3, 0.4) is 0 Å². The fraction of sp³-hybridized carbons (Fsp3) is 0.621. The molecule has 1 aromatic rings. The number of rotatable bonds is 7. The van der Waals surface area contributed by atoms with Gasteiger partial charge in [0, 0.05) is 35.8 Å². The van der Waals surface area contributed by atoms with Crippen LogP contribution in [0.15, 0.2) is 40.5 Å². The molecule has 4 aliphatic carbocycles. The number of methoxy groups -OCH3 is 1. The highest BCUT2D eigenvalue weighted by Crippen LogP contribution is 2.72. The van der Waals surface area contributed by atoms with Crippen LogP contribution in [0.4, 0.5) is 13.2 Å². The molecule has 0 unspecified atom stereocenters. The molecule has 4 aliphatic rings. The zero-order chi connectivity index (χ0) is 30.0. The monoisotopic (exact) mass is 598 g/mol. The van der Waals surface area contributed by atoms with Crippen LogP contribution in [0.1, 0.15) is 50.6 Å². The first-order valence-electron chi connectivity index (χ1n) is 13.4.